The average Bonchev–Trinajstić information content (AvgIpc) is 2.63. The van der Waals surface area contributed by atoms with Crippen molar-refractivity contribution in [2.24, 2.45) is 10.9 Å². The summed E-state index contributed by atoms with van der Waals surface area (Å²) in [5.74, 6) is 1.63. The summed E-state index contributed by atoms with van der Waals surface area (Å²) in [6.45, 7) is 2.87. The van der Waals surface area contributed by atoms with Crippen LogP contribution in [0.1, 0.15) is 31.2 Å². The number of amides is 1. The lowest BCUT2D eigenvalue weighted by Crippen LogP contribution is -2.46. The van der Waals surface area contributed by atoms with E-state index < -0.39 is 0 Å². The van der Waals surface area contributed by atoms with Gasteiger partial charge in [-0.3, -0.25) is 9.79 Å². The molecule has 0 unspecified atom stereocenters. The van der Waals surface area contributed by atoms with Gasteiger partial charge in [-0.2, -0.15) is 0 Å². The van der Waals surface area contributed by atoms with Gasteiger partial charge in [0.25, 0.3) is 0 Å². The van der Waals surface area contributed by atoms with Crippen molar-refractivity contribution in [2.45, 2.75) is 32.1 Å². The topological polar surface area (TPSA) is 56.7 Å². The number of piperidine rings is 1. The molecule has 140 valence electrons. The van der Waals surface area contributed by atoms with Crippen LogP contribution in [0.25, 0.3) is 0 Å². The lowest BCUT2D eigenvalue weighted by molar-refractivity contribution is -0.121. The van der Waals surface area contributed by atoms with E-state index in [0.29, 0.717) is 12.3 Å². The van der Waals surface area contributed by atoms with Gasteiger partial charge in [0.15, 0.2) is 5.96 Å². The Morgan fingerprint density at radius 2 is 1.92 bits per heavy atom. The van der Waals surface area contributed by atoms with Crippen LogP contribution in [0.15, 0.2) is 35.3 Å². The monoisotopic (exact) mass is 458 g/mol. The number of hydrogen-bond acceptors (Lipinski definition) is 2. The molecule has 0 radical (unpaired) electrons. The van der Waals surface area contributed by atoms with Gasteiger partial charge in [-0.15, -0.1) is 24.0 Å². The Hall–Kier alpha value is -1.31. The number of carbonyl (C=O) groups is 1. The first kappa shape index (κ1) is 21.7. The zero-order chi connectivity index (χ0) is 17.2. The summed E-state index contributed by atoms with van der Waals surface area (Å²) in [7, 11) is 3.55. The number of guanidine groups is 1. The largest absolute Gasteiger partial charge is 0.359 e. The van der Waals surface area contributed by atoms with Gasteiger partial charge in [0.05, 0.1) is 0 Å². The number of rotatable bonds is 6. The highest BCUT2D eigenvalue weighted by atomic mass is 127. The van der Waals surface area contributed by atoms with Gasteiger partial charge in [-0.25, -0.2) is 0 Å². The molecule has 0 aromatic heterocycles. The zero-order valence-corrected chi connectivity index (χ0v) is 17.7. The lowest BCUT2D eigenvalue weighted by atomic mass is 9.93. The summed E-state index contributed by atoms with van der Waals surface area (Å²) in [6, 6.07) is 10.6. The fourth-order valence-electron chi connectivity index (χ4n) is 3.18. The standard InChI is InChI=1S/C19H30N4O.HI/c1-20-18(24)15-17-10-13-23(14-11-17)19(21-2)22-12-6-9-16-7-4-3-5-8-16;/h3-5,7-8,17H,6,9-15H2,1-2H3,(H,20,24)(H,21,22);1H. The van der Waals surface area contributed by atoms with Gasteiger partial charge in [0.1, 0.15) is 0 Å². The molecule has 1 aromatic carbocycles. The van der Waals surface area contributed by atoms with Crippen LogP contribution in [0, 0.1) is 5.92 Å². The third-order valence-electron chi connectivity index (χ3n) is 4.65. The third-order valence-corrected chi connectivity index (χ3v) is 4.65. The molecule has 0 saturated carbocycles. The SMILES string of the molecule is CN=C(NCCCc1ccccc1)N1CCC(CC(=O)NC)CC1.I. The fourth-order valence-corrected chi connectivity index (χ4v) is 3.18. The fraction of sp³-hybridized carbons (Fsp3) is 0.579. The van der Waals surface area contributed by atoms with Crippen LogP contribution < -0.4 is 10.6 Å². The highest BCUT2D eigenvalue weighted by Gasteiger charge is 2.22. The normalized spacial score (nSPS) is 15.4. The van der Waals surface area contributed by atoms with Crippen molar-refractivity contribution < 1.29 is 4.79 Å². The number of likely N-dealkylation sites (tertiary alicyclic amines) is 1. The Morgan fingerprint density at radius 1 is 1.24 bits per heavy atom. The number of aryl methyl sites for hydroxylation is 1. The number of nitrogens with one attached hydrogen (secondary N) is 2. The number of carbonyl (C=O) groups excluding carboxylic acids is 1. The summed E-state index contributed by atoms with van der Waals surface area (Å²) in [4.78, 5) is 18.2. The van der Waals surface area contributed by atoms with Crippen molar-refractivity contribution in [1.82, 2.24) is 15.5 Å². The molecule has 0 spiro atoms. The molecule has 1 fully saturated rings. The minimum absolute atomic E-state index is 0. The molecule has 5 nitrogen and oxygen atoms in total. The van der Waals surface area contributed by atoms with Gasteiger partial charge >= 0.3 is 0 Å². The molecule has 1 amide bonds. The molecule has 1 aliphatic rings. The summed E-state index contributed by atoms with van der Waals surface area (Å²) in [5.41, 5.74) is 1.38. The van der Waals surface area contributed by atoms with Crippen LogP contribution in [0.4, 0.5) is 0 Å². The van der Waals surface area contributed by atoms with Gasteiger partial charge in [0, 0.05) is 40.2 Å². The predicted octanol–water partition coefficient (Wildman–Crippen LogP) is 2.66. The molecule has 0 bridgehead atoms. The van der Waals surface area contributed by atoms with Gasteiger partial charge in [-0.1, -0.05) is 30.3 Å². The van der Waals surface area contributed by atoms with E-state index in [2.05, 4.69) is 50.9 Å². The van der Waals surface area contributed by atoms with E-state index in [0.717, 1.165) is 51.3 Å². The lowest BCUT2D eigenvalue weighted by Gasteiger charge is -2.34. The van der Waals surface area contributed by atoms with Gasteiger partial charge in [-0.05, 0) is 37.2 Å². The Kier molecular flexibility index (Phi) is 10.5. The molecule has 6 heteroatoms. The maximum Gasteiger partial charge on any atom is 0.220 e. The van der Waals surface area contributed by atoms with Crippen molar-refractivity contribution >= 4 is 35.8 Å². The summed E-state index contributed by atoms with van der Waals surface area (Å²) in [6.07, 6.45) is 4.93. The van der Waals surface area contributed by atoms with Crippen molar-refractivity contribution in [3.05, 3.63) is 35.9 Å². The second kappa shape index (κ2) is 12.1. The van der Waals surface area contributed by atoms with E-state index in [9.17, 15) is 4.79 Å². The second-order valence-electron chi connectivity index (χ2n) is 6.37. The molecular formula is C19H31IN4O. The predicted molar refractivity (Wildman–Crippen MR) is 115 cm³/mol. The van der Waals surface area contributed by atoms with Crippen LogP contribution in [0.3, 0.4) is 0 Å². The van der Waals surface area contributed by atoms with Crippen LogP contribution >= 0.6 is 24.0 Å². The quantitative estimate of drug-likeness (QED) is 0.298. The maximum absolute atomic E-state index is 11.5. The minimum atomic E-state index is 0. The third kappa shape index (κ3) is 7.63. The van der Waals surface area contributed by atoms with Crippen LogP contribution in [-0.4, -0.2) is 50.5 Å². The molecule has 1 heterocycles. The molecule has 1 aliphatic heterocycles. The Labute approximate surface area is 168 Å². The Morgan fingerprint density at radius 3 is 2.52 bits per heavy atom. The molecule has 2 rings (SSSR count). The number of nitrogens with zero attached hydrogens (tertiary/aromatic N) is 2. The van der Waals surface area contributed by atoms with E-state index in [1.54, 1.807) is 7.05 Å². The van der Waals surface area contributed by atoms with E-state index in [1.165, 1.54) is 5.56 Å². The van der Waals surface area contributed by atoms with Crippen LogP contribution in [0.2, 0.25) is 0 Å². The highest BCUT2D eigenvalue weighted by Crippen LogP contribution is 2.20. The van der Waals surface area contributed by atoms with Gasteiger partial charge < -0.3 is 15.5 Å². The number of benzene rings is 1. The van der Waals surface area contributed by atoms with Crippen molar-refractivity contribution in [1.29, 1.82) is 0 Å². The van der Waals surface area contributed by atoms with Gasteiger partial charge in [0.2, 0.25) is 5.91 Å². The van der Waals surface area contributed by atoms with Crippen molar-refractivity contribution in [3.8, 4) is 0 Å². The Bertz CT molecular complexity index is 527. The Balaban J connectivity index is 0.00000312. The molecule has 25 heavy (non-hydrogen) atoms. The van der Waals surface area contributed by atoms with E-state index in [4.69, 9.17) is 0 Å². The van der Waals surface area contributed by atoms with Crippen LogP contribution in [-0.2, 0) is 11.2 Å². The minimum Gasteiger partial charge on any atom is -0.359 e. The average molecular weight is 458 g/mol. The van der Waals surface area contributed by atoms with E-state index in [-0.39, 0.29) is 29.9 Å². The first-order valence-electron chi connectivity index (χ1n) is 8.93. The van der Waals surface area contributed by atoms with E-state index in [1.807, 2.05) is 7.05 Å². The number of halogens is 1. The summed E-state index contributed by atoms with van der Waals surface area (Å²) < 4.78 is 0. The number of aliphatic imine (C=N–C) groups is 1. The molecular weight excluding hydrogens is 427 g/mol. The first-order chi connectivity index (χ1) is 11.7. The van der Waals surface area contributed by atoms with Crippen LogP contribution in [0.5, 0.6) is 0 Å². The summed E-state index contributed by atoms with van der Waals surface area (Å²) >= 11 is 0. The second-order valence-corrected chi connectivity index (χ2v) is 6.37. The smallest absolute Gasteiger partial charge is 0.220 e. The van der Waals surface area contributed by atoms with Crippen molar-refractivity contribution in [3.63, 3.8) is 0 Å². The number of hydrogen-bond donors (Lipinski definition) is 2. The first-order valence-corrected chi connectivity index (χ1v) is 8.93. The van der Waals surface area contributed by atoms with E-state index >= 15 is 0 Å². The molecule has 1 aromatic rings. The molecule has 1 saturated heterocycles. The highest BCUT2D eigenvalue weighted by molar-refractivity contribution is 14.0. The molecule has 0 aliphatic carbocycles. The maximum atomic E-state index is 11.5. The molecule has 2 N–H and O–H groups in total. The van der Waals surface area contributed by atoms with Crippen molar-refractivity contribution in [2.75, 3.05) is 33.7 Å². The molecule has 0 atom stereocenters. The summed E-state index contributed by atoms with van der Waals surface area (Å²) in [5, 5.41) is 6.19. The zero-order valence-electron chi connectivity index (χ0n) is 15.3.